The lowest BCUT2D eigenvalue weighted by atomic mass is 9.59. The standard InChI is InChI=1S/C14H18F3NO/c1-19-9-13(6-10(7-13)8-18)11-3-2-4-12(5-11)14(15,16)17/h2-5,10H,6-9,18H2,1H3. The van der Waals surface area contributed by atoms with Crippen LogP contribution in [0.15, 0.2) is 24.3 Å². The lowest BCUT2D eigenvalue weighted by Gasteiger charge is -2.47. The number of nitrogens with two attached hydrogens (primary N) is 1. The quantitative estimate of drug-likeness (QED) is 0.915. The van der Waals surface area contributed by atoms with Crippen LogP contribution in [0.4, 0.5) is 13.2 Å². The summed E-state index contributed by atoms with van der Waals surface area (Å²) in [6.45, 7) is 1.01. The van der Waals surface area contributed by atoms with Gasteiger partial charge in [-0.1, -0.05) is 18.2 Å². The molecule has 2 nitrogen and oxygen atoms in total. The highest BCUT2D eigenvalue weighted by Gasteiger charge is 2.45. The van der Waals surface area contributed by atoms with E-state index in [2.05, 4.69) is 0 Å². The van der Waals surface area contributed by atoms with E-state index < -0.39 is 11.7 Å². The molecule has 106 valence electrons. The second kappa shape index (κ2) is 5.13. The maximum atomic E-state index is 12.8. The highest BCUT2D eigenvalue weighted by molar-refractivity contribution is 5.34. The molecule has 0 heterocycles. The first kappa shape index (κ1) is 14.3. The molecule has 0 aromatic heterocycles. The molecule has 19 heavy (non-hydrogen) atoms. The summed E-state index contributed by atoms with van der Waals surface area (Å²) in [5, 5.41) is 0. The molecular formula is C14H18F3NO. The molecule has 0 bridgehead atoms. The van der Waals surface area contributed by atoms with Gasteiger partial charge < -0.3 is 10.5 Å². The van der Waals surface area contributed by atoms with Gasteiger partial charge in [-0.2, -0.15) is 13.2 Å². The summed E-state index contributed by atoms with van der Waals surface area (Å²) in [6.07, 6.45) is -2.72. The molecule has 0 spiro atoms. The Labute approximate surface area is 110 Å². The molecule has 1 aliphatic carbocycles. The fourth-order valence-corrected chi connectivity index (χ4v) is 2.95. The summed E-state index contributed by atoms with van der Waals surface area (Å²) in [4.78, 5) is 0. The molecule has 1 fully saturated rings. The minimum absolute atomic E-state index is 0.306. The summed E-state index contributed by atoms with van der Waals surface area (Å²) < 4.78 is 43.5. The third kappa shape index (κ3) is 2.77. The molecule has 0 radical (unpaired) electrons. The average Bonchev–Trinajstić information content (AvgIpc) is 2.32. The number of hydrogen-bond donors (Lipinski definition) is 1. The van der Waals surface area contributed by atoms with Crippen molar-refractivity contribution in [2.24, 2.45) is 11.7 Å². The van der Waals surface area contributed by atoms with Crippen LogP contribution in [0.5, 0.6) is 0 Å². The number of alkyl halides is 3. The van der Waals surface area contributed by atoms with E-state index in [1.807, 2.05) is 0 Å². The zero-order chi connectivity index (χ0) is 14.1. The van der Waals surface area contributed by atoms with Crippen molar-refractivity contribution >= 4 is 0 Å². The molecule has 0 saturated heterocycles. The highest BCUT2D eigenvalue weighted by atomic mass is 19.4. The predicted octanol–water partition coefficient (Wildman–Crippen LogP) is 2.96. The Bertz CT molecular complexity index is 439. The Morgan fingerprint density at radius 3 is 2.58 bits per heavy atom. The Balaban J connectivity index is 2.29. The summed E-state index contributed by atoms with van der Waals surface area (Å²) in [6, 6.07) is 5.56. The zero-order valence-electron chi connectivity index (χ0n) is 10.8. The molecule has 1 aliphatic rings. The first-order chi connectivity index (χ1) is 8.91. The van der Waals surface area contributed by atoms with Crippen molar-refractivity contribution in [2.75, 3.05) is 20.3 Å². The Morgan fingerprint density at radius 1 is 1.37 bits per heavy atom. The van der Waals surface area contributed by atoms with Crippen molar-refractivity contribution in [2.45, 2.75) is 24.4 Å². The van der Waals surface area contributed by atoms with E-state index in [-0.39, 0.29) is 5.41 Å². The fourth-order valence-electron chi connectivity index (χ4n) is 2.95. The molecule has 1 aromatic rings. The van der Waals surface area contributed by atoms with Gasteiger partial charge in [0.15, 0.2) is 0 Å². The topological polar surface area (TPSA) is 35.2 Å². The predicted molar refractivity (Wildman–Crippen MR) is 66.8 cm³/mol. The number of ether oxygens (including phenoxy) is 1. The second-order valence-corrected chi connectivity index (χ2v) is 5.30. The van der Waals surface area contributed by atoms with Crippen molar-refractivity contribution in [1.82, 2.24) is 0 Å². The van der Waals surface area contributed by atoms with Gasteiger partial charge in [0.1, 0.15) is 0 Å². The lowest BCUT2D eigenvalue weighted by Crippen LogP contribution is -2.47. The van der Waals surface area contributed by atoms with E-state index >= 15 is 0 Å². The Kier molecular flexibility index (Phi) is 3.87. The summed E-state index contributed by atoms with van der Waals surface area (Å²) in [7, 11) is 1.57. The van der Waals surface area contributed by atoms with Crippen LogP contribution < -0.4 is 5.73 Å². The number of methoxy groups -OCH3 is 1. The number of rotatable bonds is 4. The van der Waals surface area contributed by atoms with Gasteiger partial charge >= 0.3 is 6.18 Å². The molecule has 0 aliphatic heterocycles. The van der Waals surface area contributed by atoms with Crippen molar-refractivity contribution in [3.63, 3.8) is 0 Å². The molecular weight excluding hydrogens is 255 g/mol. The van der Waals surface area contributed by atoms with Gasteiger partial charge in [-0.3, -0.25) is 0 Å². The Morgan fingerprint density at radius 2 is 2.05 bits per heavy atom. The van der Waals surface area contributed by atoms with Gasteiger partial charge in [-0.15, -0.1) is 0 Å². The molecule has 0 unspecified atom stereocenters. The van der Waals surface area contributed by atoms with Crippen LogP contribution in [-0.2, 0) is 16.3 Å². The molecule has 1 saturated carbocycles. The molecule has 2 N–H and O–H groups in total. The van der Waals surface area contributed by atoms with Gasteiger partial charge in [-0.25, -0.2) is 0 Å². The van der Waals surface area contributed by atoms with E-state index in [9.17, 15) is 13.2 Å². The van der Waals surface area contributed by atoms with E-state index in [4.69, 9.17) is 10.5 Å². The Hall–Kier alpha value is -1.07. The SMILES string of the molecule is COCC1(c2cccc(C(F)(F)F)c2)CC(CN)C1. The lowest BCUT2D eigenvalue weighted by molar-refractivity contribution is -0.137. The molecule has 1 aromatic carbocycles. The fraction of sp³-hybridized carbons (Fsp3) is 0.571. The van der Waals surface area contributed by atoms with Crippen molar-refractivity contribution in [1.29, 1.82) is 0 Å². The van der Waals surface area contributed by atoms with Crippen LogP contribution in [0.25, 0.3) is 0 Å². The van der Waals surface area contributed by atoms with Crippen LogP contribution in [0.2, 0.25) is 0 Å². The van der Waals surface area contributed by atoms with Gasteiger partial charge in [0, 0.05) is 12.5 Å². The van der Waals surface area contributed by atoms with E-state index in [1.165, 1.54) is 12.1 Å². The maximum Gasteiger partial charge on any atom is 0.416 e. The van der Waals surface area contributed by atoms with E-state index in [0.29, 0.717) is 24.6 Å². The molecule has 2 rings (SSSR count). The summed E-state index contributed by atoms with van der Waals surface area (Å²) in [5.74, 6) is 0.379. The summed E-state index contributed by atoms with van der Waals surface area (Å²) >= 11 is 0. The van der Waals surface area contributed by atoms with E-state index in [0.717, 1.165) is 18.9 Å². The molecule has 0 amide bonds. The van der Waals surface area contributed by atoms with Gasteiger partial charge in [0.25, 0.3) is 0 Å². The van der Waals surface area contributed by atoms with Crippen molar-refractivity contribution < 1.29 is 17.9 Å². The largest absolute Gasteiger partial charge is 0.416 e. The number of halogens is 3. The monoisotopic (exact) mass is 273 g/mol. The van der Waals surface area contributed by atoms with Crippen LogP contribution in [0.3, 0.4) is 0 Å². The number of benzene rings is 1. The highest BCUT2D eigenvalue weighted by Crippen LogP contribution is 2.48. The van der Waals surface area contributed by atoms with Crippen LogP contribution in [0.1, 0.15) is 24.0 Å². The third-order valence-electron chi connectivity index (χ3n) is 3.92. The molecule has 0 atom stereocenters. The number of hydrogen-bond acceptors (Lipinski definition) is 2. The normalized spacial score (nSPS) is 27.1. The summed E-state index contributed by atoms with van der Waals surface area (Å²) in [5.41, 5.74) is 5.40. The third-order valence-corrected chi connectivity index (χ3v) is 3.92. The zero-order valence-corrected chi connectivity index (χ0v) is 10.8. The van der Waals surface area contributed by atoms with E-state index in [1.54, 1.807) is 13.2 Å². The minimum Gasteiger partial charge on any atom is -0.384 e. The van der Waals surface area contributed by atoms with Gasteiger partial charge in [0.05, 0.1) is 12.2 Å². The van der Waals surface area contributed by atoms with Crippen molar-refractivity contribution in [3.05, 3.63) is 35.4 Å². The average molecular weight is 273 g/mol. The minimum atomic E-state index is -4.30. The van der Waals surface area contributed by atoms with Crippen LogP contribution in [0, 0.1) is 5.92 Å². The van der Waals surface area contributed by atoms with Gasteiger partial charge in [-0.05, 0) is 36.9 Å². The first-order valence-electron chi connectivity index (χ1n) is 6.28. The van der Waals surface area contributed by atoms with Gasteiger partial charge in [0.2, 0.25) is 0 Å². The first-order valence-corrected chi connectivity index (χ1v) is 6.28. The second-order valence-electron chi connectivity index (χ2n) is 5.30. The maximum absolute atomic E-state index is 12.8. The molecule has 5 heteroatoms. The van der Waals surface area contributed by atoms with Crippen LogP contribution in [-0.4, -0.2) is 20.3 Å². The van der Waals surface area contributed by atoms with Crippen molar-refractivity contribution in [3.8, 4) is 0 Å². The van der Waals surface area contributed by atoms with Crippen LogP contribution >= 0.6 is 0 Å². The smallest absolute Gasteiger partial charge is 0.384 e.